The quantitative estimate of drug-likeness (QED) is 0.323. The maximum Gasteiger partial charge on any atom is 0.329 e. The lowest BCUT2D eigenvalue weighted by Crippen LogP contribution is -2.37. The Hall–Kier alpha value is -3.39. The Morgan fingerprint density at radius 2 is 1.77 bits per heavy atom. The fourth-order valence-corrected chi connectivity index (χ4v) is 3.50. The number of nitrogens with one attached hydrogen (secondary N) is 3. The van der Waals surface area contributed by atoms with Gasteiger partial charge in [-0.15, -0.1) is 0 Å². The summed E-state index contributed by atoms with van der Waals surface area (Å²) in [5, 5.41) is 19.2. The van der Waals surface area contributed by atoms with Crippen molar-refractivity contribution in [1.29, 1.82) is 0 Å². The molecular weight excluding hydrogens is 420 g/mol. The molecule has 2 aromatic rings. The molecule has 0 heterocycles. The number of rotatable bonds is 5. The standard InChI is InChI=1S/C22H23ClN4O4/c23-15-10-11-19(28)14(12-15)13-24-27-22(31)21(30)26-18-9-5-4-8-17(18)20(29)25-16-6-2-1-3-7-16/h4-5,8-13,16,28H,1-3,6-7H2,(H,25,29)(H,26,30)(H,27,31). The van der Waals surface area contributed by atoms with E-state index in [2.05, 4.69) is 21.2 Å². The fraction of sp³-hybridized carbons (Fsp3) is 0.273. The van der Waals surface area contributed by atoms with Crippen molar-refractivity contribution in [3.8, 4) is 5.75 Å². The number of amides is 3. The van der Waals surface area contributed by atoms with E-state index in [1.54, 1.807) is 24.3 Å². The Morgan fingerprint density at radius 1 is 1.03 bits per heavy atom. The van der Waals surface area contributed by atoms with Crippen LogP contribution in [0.5, 0.6) is 5.75 Å². The number of phenolic OH excluding ortho intramolecular Hbond substituents is 1. The predicted octanol–water partition coefficient (Wildman–Crippen LogP) is 3.20. The molecule has 0 aromatic heterocycles. The largest absolute Gasteiger partial charge is 0.507 e. The number of benzene rings is 2. The smallest absolute Gasteiger partial charge is 0.329 e. The van der Waals surface area contributed by atoms with Crippen LogP contribution in [-0.2, 0) is 9.59 Å². The minimum atomic E-state index is -1.03. The minimum absolute atomic E-state index is 0.0789. The van der Waals surface area contributed by atoms with Crippen molar-refractivity contribution in [2.24, 2.45) is 5.10 Å². The molecule has 3 rings (SSSR count). The van der Waals surface area contributed by atoms with Crippen LogP contribution < -0.4 is 16.1 Å². The molecule has 9 heteroatoms. The molecule has 0 radical (unpaired) electrons. The molecular formula is C22H23ClN4O4. The average molecular weight is 443 g/mol. The highest BCUT2D eigenvalue weighted by Crippen LogP contribution is 2.21. The number of phenols is 1. The van der Waals surface area contributed by atoms with Gasteiger partial charge in [-0.05, 0) is 43.2 Å². The summed E-state index contributed by atoms with van der Waals surface area (Å²) in [6.45, 7) is 0. The van der Waals surface area contributed by atoms with Gasteiger partial charge < -0.3 is 15.7 Å². The van der Waals surface area contributed by atoms with Gasteiger partial charge in [-0.2, -0.15) is 5.10 Å². The number of hydrogen-bond donors (Lipinski definition) is 4. The highest BCUT2D eigenvalue weighted by molar-refractivity contribution is 6.40. The molecule has 0 aliphatic heterocycles. The molecule has 3 amide bonds. The van der Waals surface area contributed by atoms with Crippen LogP contribution >= 0.6 is 11.6 Å². The van der Waals surface area contributed by atoms with Crippen molar-refractivity contribution in [1.82, 2.24) is 10.7 Å². The third kappa shape index (κ3) is 6.29. The highest BCUT2D eigenvalue weighted by Gasteiger charge is 2.20. The van der Waals surface area contributed by atoms with E-state index in [1.165, 1.54) is 24.6 Å². The van der Waals surface area contributed by atoms with Crippen LogP contribution in [0.3, 0.4) is 0 Å². The molecule has 0 spiro atoms. The van der Waals surface area contributed by atoms with E-state index >= 15 is 0 Å². The van der Waals surface area contributed by atoms with E-state index in [0.29, 0.717) is 5.02 Å². The van der Waals surface area contributed by atoms with Crippen molar-refractivity contribution >= 4 is 41.2 Å². The third-order valence-electron chi connectivity index (χ3n) is 4.93. The van der Waals surface area contributed by atoms with Crippen LogP contribution in [0.1, 0.15) is 48.0 Å². The van der Waals surface area contributed by atoms with Gasteiger partial charge in [0.15, 0.2) is 0 Å². The topological polar surface area (TPSA) is 120 Å². The second-order valence-electron chi connectivity index (χ2n) is 7.21. The first kappa shape index (κ1) is 22.3. The molecule has 1 fully saturated rings. The van der Waals surface area contributed by atoms with E-state index < -0.39 is 11.8 Å². The van der Waals surface area contributed by atoms with Crippen molar-refractivity contribution < 1.29 is 19.5 Å². The lowest BCUT2D eigenvalue weighted by Gasteiger charge is -2.23. The first-order chi connectivity index (χ1) is 14.9. The molecule has 31 heavy (non-hydrogen) atoms. The Bertz CT molecular complexity index is 1000. The minimum Gasteiger partial charge on any atom is -0.507 e. The van der Waals surface area contributed by atoms with Crippen molar-refractivity contribution in [3.05, 3.63) is 58.6 Å². The molecule has 1 aliphatic rings. The van der Waals surface area contributed by atoms with Crippen LogP contribution in [0.15, 0.2) is 47.6 Å². The summed E-state index contributed by atoms with van der Waals surface area (Å²) in [6.07, 6.45) is 6.37. The summed E-state index contributed by atoms with van der Waals surface area (Å²) < 4.78 is 0. The van der Waals surface area contributed by atoms with Crippen LogP contribution in [0.25, 0.3) is 0 Å². The van der Waals surface area contributed by atoms with Gasteiger partial charge in [0.25, 0.3) is 5.91 Å². The SMILES string of the molecule is O=C(NN=Cc1cc(Cl)ccc1O)C(=O)Nc1ccccc1C(=O)NC1CCCCC1. The molecule has 0 saturated heterocycles. The van der Waals surface area contributed by atoms with Gasteiger partial charge in [-0.3, -0.25) is 14.4 Å². The van der Waals surface area contributed by atoms with Gasteiger partial charge in [-0.1, -0.05) is 43.0 Å². The molecule has 8 nitrogen and oxygen atoms in total. The number of aromatic hydroxyl groups is 1. The number of hydrazone groups is 1. The van der Waals surface area contributed by atoms with Gasteiger partial charge in [0.1, 0.15) is 5.75 Å². The number of anilines is 1. The highest BCUT2D eigenvalue weighted by atomic mass is 35.5. The third-order valence-corrected chi connectivity index (χ3v) is 5.16. The molecule has 4 N–H and O–H groups in total. The summed E-state index contributed by atoms with van der Waals surface area (Å²) in [5.41, 5.74) is 2.86. The van der Waals surface area contributed by atoms with E-state index in [-0.39, 0.29) is 34.5 Å². The van der Waals surface area contributed by atoms with Crippen molar-refractivity contribution in [2.75, 3.05) is 5.32 Å². The number of hydrogen-bond acceptors (Lipinski definition) is 5. The number of carbonyl (C=O) groups excluding carboxylic acids is 3. The molecule has 1 aliphatic carbocycles. The second kappa shape index (κ2) is 10.6. The maximum absolute atomic E-state index is 12.7. The fourth-order valence-electron chi connectivity index (χ4n) is 3.32. The Balaban J connectivity index is 1.60. The molecule has 162 valence electrons. The monoisotopic (exact) mass is 442 g/mol. The normalized spacial score (nSPS) is 14.2. The first-order valence-corrected chi connectivity index (χ1v) is 10.3. The van der Waals surface area contributed by atoms with Crippen LogP contribution in [0, 0.1) is 0 Å². The summed E-state index contributed by atoms with van der Waals surface area (Å²) >= 11 is 5.84. The van der Waals surface area contributed by atoms with Crippen LogP contribution in [0.4, 0.5) is 5.69 Å². The zero-order valence-electron chi connectivity index (χ0n) is 16.7. The summed E-state index contributed by atoms with van der Waals surface area (Å²) in [7, 11) is 0. The summed E-state index contributed by atoms with van der Waals surface area (Å²) in [5.74, 6) is -2.38. The van der Waals surface area contributed by atoms with E-state index in [9.17, 15) is 19.5 Å². The molecule has 0 unspecified atom stereocenters. The second-order valence-corrected chi connectivity index (χ2v) is 7.65. The number of carbonyl (C=O) groups is 3. The molecule has 0 atom stereocenters. The molecule has 2 aromatic carbocycles. The molecule has 1 saturated carbocycles. The zero-order valence-corrected chi connectivity index (χ0v) is 17.5. The Kier molecular flexibility index (Phi) is 7.61. The van der Waals surface area contributed by atoms with E-state index in [1.807, 2.05) is 0 Å². The first-order valence-electron chi connectivity index (χ1n) is 9.97. The van der Waals surface area contributed by atoms with Gasteiger partial charge in [0.2, 0.25) is 0 Å². The number of para-hydroxylation sites is 1. The Morgan fingerprint density at radius 3 is 2.55 bits per heavy atom. The van der Waals surface area contributed by atoms with Crippen LogP contribution in [0.2, 0.25) is 5.02 Å². The number of halogens is 1. The van der Waals surface area contributed by atoms with E-state index in [0.717, 1.165) is 31.9 Å². The van der Waals surface area contributed by atoms with Crippen molar-refractivity contribution in [3.63, 3.8) is 0 Å². The van der Waals surface area contributed by atoms with E-state index in [4.69, 9.17) is 11.6 Å². The Labute approximate surface area is 184 Å². The maximum atomic E-state index is 12.7. The van der Waals surface area contributed by atoms with Gasteiger partial charge in [-0.25, -0.2) is 5.43 Å². The lowest BCUT2D eigenvalue weighted by atomic mass is 9.95. The van der Waals surface area contributed by atoms with Gasteiger partial charge >= 0.3 is 11.8 Å². The lowest BCUT2D eigenvalue weighted by molar-refractivity contribution is -0.136. The molecule has 0 bridgehead atoms. The summed E-state index contributed by atoms with van der Waals surface area (Å²) in [4.78, 5) is 37.0. The predicted molar refractivity (Wildman–Crippen MR) is 118 cm³/mol. The summed E-state index contributed by atoms with van der Waals surface area (Å²) in [6, 6.07) is 10.9. The average Bonchev–Trinajstić information content (AvgIpc) is 2.77. The van der Waals surface area contributed by atoms with Gasteiger partial charge in [0.05, 0.1) is 17.5 Å². The van der Waals surface area contributed by atoms with Gasteiger partial charge in [0, 0.05) is 16.6 Å². The van der Waals surface area contributed by atoms with Crippen molar-refractivity contribution in [2.45, 2.75) is 38.1 Å². The number of nitrogens with zero attached hydrogens (tertiary/aromatic N) is 1. The zero-order chi connectivity index (χ0) is 22.2. The van der Waals surface area contributed by atoms with Crippen LogP contribution in [-0.4, -0.2) is 35.1 Å².